The molecule has 0 aromatic heterocycles. The molecular weight excluding hydrogens is 865 g/mol. The predicted octanol–water partition coefficient (Wildman–Crippen LogP) is -0.0268. The molecule has 3 heterocycles. The second kappa shape index (κ2) is 19.6. The second-order valence-corrected chi connectivity index (χ2v) is 22.9. The van der Waals surface area contributed by atoms with E-state index in [0.29, 0.717) is 32.1 Å². The average Bonchev–Trinajstić information content (AvgIpc) is 3.65. The van der Waals surface area contributed by atoms with Crippen LogP contribution in [0.2, 0.25) is 0 Å². The fourth-order valence-electron chi connectivity index (χ4n) is 14.8. The van der Waals surface area contributed by atoms with Crippen molar-refractivity contribution in [3.63, 3.8) is 0 Å². The van der Waals surface area contributed by atoms with E-state index in [9.17, 15) is 61.3 Å². The number of hydrogen-bond acceptors (Lipinski definition) is 18. The molecule has 0 amide bonds. The van der Waals surface area contributed by atoms with Gasteiger partial charge in [-0.05, 0) is 124 Å². The molecule has 4 aliphatic carbocycles. The van der Waals surface area contributed by atoms with Crippen molar-refractivity contribution in [2.75, 3.05) is 19.8 Å². The van der Waals surface area contributed by atoms with Gasteiger partial charge in [0.2, 0.25) is 0 Å². The normalized spacial score (nSPS) is 52.4. The molecule has 0 aromatic rings. The number of hydrogen-bond donors (Lipinski definition) is 12. The van der Waals surface area contributed by atoms with Crippen LogP contribution in [0.4, 0.5) is 0 Å². The van der Waals surface area contributed by atoms with Crippen LogP contribution in [0, 0.1) is 45.3 Å². The lowest BCUT2D eigenvalue weighted by molar-refractivity contribution is -0.350. The van der Waals surface area contributed by atoms with Crippen molar-refractivity contribution in [3.8, 4) is 0 Å². The first-order valence-electron chi connectivity index (χ1n) is 24.4. The molecule has 0 bridgehead atoms. The minimum atomic E-state index is -1.72. The lowest BCUT2D eigenvalue weighted by Gasteiger charge is -2.71. The van der Waals surface area contributed by atoms with Crippen molar-refractivity contribution in [1.29, 1.82) is 0 Å². The summed E-state index contributed by atoms with van der Waals surface area (Å²) in [6, 6.07) is 0. The molecule has 12 N–H and O–H groups in total. The third-order valence-corrected chi connectivity index (χ3v) is 18.8. The summed E-state index contributed by atoms with van der Waals surface area (Å²) in [5, 5.41) is 129. The van der Waals surface area contributed by atoms with Crippen LogP contribution in [0.15, 0.2) is 11.6 Å². The zero-order chi connectivity index (χ0) is 48.6. The molecule has 0 aromatic carbocycles. The van der Waals surface area contributed by atoms with Gasteiger partial charge in [-0.3, -0.25) is 0 Å². The van der Waals surface area contributed by atoms with E-state index in [2.05, 4.69) is 40.7 Å². The van der Waals surface area contributed by atoms with Gasteiger partial charge in [-0.1, -0.05) is 46.3 Å². The quantitative estimate of drug-likeness (QED) is 0.0853. The first kappa shape index (κ1) is 52.8. The molecule has 3 saturated heterocycles. The number of aliphatic hydroxyl groups excluding tert-OH is 12. The Labute approximate surface area is 388 Å². The van der Waals surface area contributed by atoms with E-state index in [0.717, 1.165) is 31.3 Å². The van der Waals surface area contributed by atoms with Crippen molar-refractivity contribution >= 4 is 0 Å². The van der Waals surface area contributed by atoms with E-state index >= 15 is 0 Å². The standard InChI is InChI=1S/C48H82O18/c1-22(2)10-9-14-48(8,66-43-40(60)37(57)34(54)27(64-43)21-61-41-38(58)35(55)32(52)25(19-49)62-41)23-11-16-47(7)31(23)24(51)18-29-45(5)15-13-30(44(3,4)28(45)12-17-46(29,47)6)65-42-39(59)36(56)33(53)26(20-50)63-42/h10,23-43,49-60H,9,11-21H2,1-8H3/t23-,24+,25-,26+,27+,28-,29+,30-,31-,32-,33+,34+,35+,36-,37-,38-,39+,40+,41-,42?,43-,45-,46+,47+,48+/m0/s1. The molecule has 4 saturated carbocycles. The minimum Gasteiger partial charge on any atom is -0.394 e. The summed E-state index contributed by atoms with van der Waals surface area (Å²) in [6.45, 7) is 15.8. The summed E-state index contributed by atoms with van der Waals surface area (Å²) >= 11 is 0. The van der Waals surface area contributed by atoms with E-state index < -0.39 is 129 Å². The van der Waals surface area contributed by atoms with E-state index in [1.807, 2.05) is 20.8 Å². The number of ether oxygens (including phenoxy) is 6. The van der Waals surface area contributed by atoms with Crippen LogP contribution in [-0.4, -0.2) is 191 Å². The Morgan fingerprint density at radius 3 is 1.74 bits per heavy atom. The predicted molar refractivity (Wildman–Crippen MR) is 234 cm³/mol. The van der Waals surface area contributed by atoms with E-state index in [1.165, 1.54) is 0 Å². The zero-order valence-electron chi connectivity index (χ0n) is 40.0. The lowest BCUT2D eigenvalue weighted by Crippen LogP contribution is -2.67. The maximum Gasteiger partial charge on any atom is 0.187 e. The highest BCUT2D eigenvalue weighted by Gasteiger charge is 2.72. The van der Waals surface area contributed by atoms with Crippen molar-refractivity contribution in [3.05, 3.63) is 11.6 Å². The van der Waals surface area contributed by atoms with Crippen molar-refractivity contribution in [2.24, 2.45) is 45.3 Å². The summed E-state index contributed by atoms with van der Waals surface area (Å²) in [4.78, 5) is 0. The van der Waals surface area contributed by atoms with Gasteiger partial charge in [0.1, 0.15) is 73.2 Å². The molecule has 66 heavy (non-hydrogen) atoms. The van der Waals surface area contributed by atoms with E-state index in [1.54, 1.807) is 0 Å². The zero-order valence-corrected chi connectivity index (χ0v) is 40.0. The molecule has 25 atom stereocenters. The van der Waals surface area contributed by atoms with Gasteiger partial charge in [0, 0.05) is 0 Å². The molecular formula is C48H82O18. The molecule has 18 heteroatoms. The monoisotopic (exact) mass is 947 g/mol. The highest BCUT2D eigenvalue weighted by atomic mass is 16.7. The van der Waals surface area contributed by atoms with Crippen molar-refractivity contribution < 1.29 is 89.7 Å². The average molecular weight is 947 g/mol. The topological polar surface area (TPSA) is 298 Å². The smallest absolute Gasteiger partial charge is 0.187 e. The van der Waals surface area contributed by atoms with Crippen LogP contribution in [0.3, 0.4) is 0 Å². The van der Waals surface area contributed by atoms with Crippen LogP contribution < -0.4 is 0 Å². The molecule has 7 rings (SSSR count). The third-order valence-electron chi connectivity index (χ3n) is 18.8. The van der Waals surface area contributed by atoms with Crippen molar-refractivity contribution in [1.82, 2.24) is 0 Å². The molecule has 7 aliphatic rings. The summed E-state index contributed by atoms with van der Waals surface area (Å²) in [6.07, 6.45) is -14.9. The highest BCUT2D eigenvalue weighted by molar-refractivity contribution is 5.20. The molecule has 18 nitrogen and oxygen atoms in total. The maximum absolute atomic E-state index is 12.7. The fourth-order valence-corrected chi connectivity index (χ4v) is 14.8. The number of aliphatic hydroxyl groups is 12. The number of fused-ring (bicyclic) bond motifs is 5. The third kappa shape index (κ3) is 8.90. The Hall–Kier alpha value is -0.980. The van der Waals surface area contributed by atoms with Crippen LogP contribution >= 0.6 is 0 Å². The largest absolute Gasteiger partial charge is 0.394 e. The van der Waals surface area contributed by atoms with Crippen molar-refractivity contribution in [2.45, 2.75) is 223 Å². The van der Waals surface area contributed by atoms with Crippen LogP contribution in [-0.2, 0) is 28.4 Å². The Morgan fingerprint density at radius 1 is 0.621 bits per heavy atom. The second-order valence-electron chi connectivity index (χ2n) is 22.9. The van der Waals surface area contributed by atoms with Gasteiger partial charge >= 0.3 is 0 Å². The Bertz CT molecular complexity index is 1680. The molecule has 1 unspecified atom stereocenters. The first-order chi connectivity index (χ1) is 30.8. The summed E-state index contributed by atoms with van der Waals surface area (Å²) < 4.78 is 36.6. The number of rotatable bonds is 13. The fraction of sp³-hybridized carbons (Fsp3) is 0.958. The summed E-state index contributed by atoms with van der Waals surface area (Å²) in [5.74, 6) is -0.128. The van der Waals surface area contributed by atoms with Crippen LogP contribution in [0.1, 0.15) is 113 Å². The molecule has 7 fully saturated rings. The van der Waals surface area contributed by atoms with Gasteiger partial charge in [0.25, 0.3) is 0 Å². The molecule has 382 valence electrons. The van der Waals surface area contributed by atoms with E-state index in [-0.39, 0.29) is 46.0 Å². The highest BCUT2D eigenvalue weighted by Crippen LogP contribution is 2.76. The number of allylic oxidation sites excluding steroid dienone is 2. The molecule has 0 spiro atoms. The SMILES string of the molecule is CC(C)=CCC[C@@](C)(O[C@@H]1O[C@H](CO[C@H]2O[C@@H](CO)[C@H](O)[C@@H](O)[C@@H]2O)[C@@H](O)[C@H](O)[C@H]1O)[C@H]1CC[C@]2(C)[C@@H]1[C@H](O)C[C@@H]1[C@@]3(C)CC[C@H](OC4O[C@H](CO)[C@@H](O)[C@H](O)[C@H]4O)C(C)(C)[C@@H]3CC[C@]12C. The Balaban J connectivity index is 1.11. The lowest BCUT2D eigenvalue weighted by atomic mass is 9.35. The van der Waals surface area contributed by atoms with Gasteiger partial charge in [0.15, 0.2) is 18.9 Å². The van der Waals surface area contributed by atoms with Gasteiger partial charge < -0.3 is 89.7 Å². The summed E-state index contributed by atoms with van der Waals surface area (Å²) in [5.41, 5.74) is -1.06. The van der Waals surface area contributed by atoms with E-state index in [4.69, 9.17) is 28.4 Å². The van der Waals surface area contributed by atoms with Gasteiger partial charge in [-0.25, -0.2) is 0 Å². The molecule has 3 aliphatic heterocycles. The van der Waals surface area contributed by atoms with Crippen LogP contribution in [0.25, 0.3) is 0 Å². The van der Waals surface area contributed by atoms with Crippen LogP contribution in [0.5, 0.6) is 0 Å². The Morgan fingerprint density at radius 2 is 1.15 bits per heavy atom. The summed E-state index contributed by atoms with van der Waals surface area (Å²) in [7, 11) is 0. The minimum absolute atomic E-state index is 0.133. The maximum atomic E-state index is 12.7. The molecule has 0 radical (unpaired) electrons. The van der Waals surface area contributed by atoms with Gasteiger partial charge in [-0.15, -0.1) is 0 Å². The van der Waals surface area contributed by atoms with Gasteiger partial charge in [-0.2, -0.15) is 0 Å². The Kier molecular flexibility index (Phi) is 15.7. The van der Waals surface area contributed by atoms with Gasteiger partial charge in [0.05, 0.1) is 37.6 Å². The first-order valence-corrected chi connectivity index (χ1v) is 24.4.